The summed E-state index contributed by atoms with van der Waals surface area (Å²) in [7, 11) is 0. The van der Waals surface area contributed by atoms with Crippen LogP contribution in [0.2, 0.25) is 0 Å². The number of hydrogen-bond acceptors (Lipinski definition) is 3. The van der Waals surface area contributed by atoms with Gasteiger partial charge in [-0.1, -0.05) is 12.8 Å². The van der Waals surface area contributed by atoms with E-state index in [0.29, 0.717) is 24.2 Å². The number of piperidine rings is 1. The maximum Gasteiger partial charge on any atom is 0.220 e. The van der Waals surface area contributed by atoms with Crippen molar-refractivity contribution in [2.24, 2.45) is 17.8 Å². The molecule has 2 rings (SSSR count). The zero-order chi connectivity index (χ0) is 13.5. The first-order chi connectivity index (χ1) is 9.29. The van der Waals surface area contributed by atoms with Gasteiger partial charge in [0.2, 0.25) is 5.91 Å². The minimum Gasteiger partial charge on any atom is -0.396 e. The molecule has 0 aromatic rings. The van der Waals surface area contributed by atoms with Crippen molar-refractivity contribution in [3.05, 3.63) is 0 Å². The highest BCUT2D eigenvalue weighted by Crippen LogP contribution is 2.29. The smallest absolute Gasteiger partial charge is 0.220 e. The highest BCUT2D eigenvalue weighted by atomic mass is 16.3. The Hall–Kier alpha value is -0.610. The Morgan fingerprint density at radius 1 is 1.16 bits per heavy atom. The zero-order valence-corrected chi connectivity index (χ0v) is 11.9. The van der Waals surface area contributed by atoms with E-state index in [2.05, 4.69) is 10.6 Å². The van der Waals surface area contributed by atoms with Crippen LogP contribution in [0.5, 0.6) is 0 Å². The van der Waals surface area contributed by atoms with Gasteiger partial charge in [-0.2, -0.15) is 0 Å². The monoisotopic (exact) mass is 268 g/mol. The lowest BCUT2D eigenvalue weighted by Crippen LogP contribution is -2.38. The molecule has 1 saturated heterocycles. The van der Waals surface area contributed by atoms with Crippen molar-refractivity contribution in [3.8, 4) is 0 Å². The summed E-state index contributed by atoms with van der Waals surface area (Å²) in [5, 5.41) is 15.8. The molecular formula is C15H28N2O2. The highest BCUT2D eigenvalue weighted by molar-refractivity contribution is 5.76. The number of hydrogen-bond donors (Lipinski definition) is 3. The predicted octanol–water partition coefficient (Wildman–Crippen LogP) is 1.29. The Morgan fingerprint density at radius 3 is 2.63 bits per heavy atom. The molecular weight excluding hydrogens is 240 g/mol. The first kappa shape index (κ1) is 14.8. The molecule has 0 radical (unpaired) electrons. The van der Waals surface area contributed by atoms with Crippen LogP contribution in [0.3, 0.4) is 0 Å². The molecule has 1 aliphatic heterocycles. The zero-order valence-electron chi connectivity index (χ0n) is 11.9. The molecule has 1 saturated carbocycles. The van der Waals surface area contributed by atoms with Crippen molar-refractivity contribution in [2.75, 3.05) is 26.2 Å². The van der Waals surface area contributed by atoms with E-state index in [4.69, 9.17) is 0 Å². The second-order valence-corrected chi connectivity index (χ2v) is 6.21. The fourth-order valence-corrected chi connectivity index (χ4v) is 3.47. The molecule has 1 heterocycles. The topological polar surface area (TPSA) is 61.4 Å². The van der Waals surface area contributed by atoms with Gasteiger partial charge < -0.3 is 15.7 Å². The summed E-state index contributed by atoms with van der Waals surface area (Å²) in [4.78, 5) is 11.9. The lowest BCUT2D eigenvalue weighted by molar-refractivity contribution is -0.122. The van der Waals surface area contributed by atoms with Crippen LogP contribution < -0.4 is 10.6 Å². The number of rotatable bonds is 5. The van der Waals surface area contributed by atoms with Gasteiger partial charge in [0.15, 0.2) is 0 Å². The van der Waals surface area contributed by atoms with E-state index in [1.807, 2.05) is 0 Å². The first-order valence-electron chi connectivity index (χ1n) is 7.88. The van der Waals surface area contributed by atoms with Crippen LogP contribution in [0.15, 0.2) is 0 Å². The Bertz CT molecular complexity index is 277. The average Bonchev–Trinajstić information content (AvgIpc) is 2.46. The Balaban J connectivity index is 1.67. The van der Waals surface area contributed by atoms with Gasteiger partial charge in [0.25, 0.3) is 0 Å². The molecule has 0 aromatic carbocycles. The molecule has 0 bridgehead atoms. The largest absolute Gasteiger partial charge is 0.396 e. The van der Waals surface area contributed by atoms with Crippen molar-refractivity contribution in [2.45, 2.75) is 44.9 Å². The molecule has 3 atom stereocenters. The summed E-state index contributed by atoms with van der Waals surface area (Å²) >= 11 is 0. The van der Waals surface area contributed by atoms with Gasteiger partial charge >= 0.3 is 0 Å². The van der Waals surface area contributed by atoms with Gasteiger partial charge in [-0.05, 0) is 56.5 Å². The van der Waals surface area contributed by atoms with Gasteiger partial charge in [-0.3, -0.25) is 4.79 Å². The van der Waals surface area contributed by atoms with Gasteiger partial charge in [0.1, 0.15) is 0 Å². The van der Waals surface area contributed by atoms with Gasteiger partial charge in [-0.15, -0.1) is 0 Å². The second kappa shape index (κ2) is 7.85. The second-order valence-electron chi connectivity index (χ2n) is 6.21. The van der Waals surface area contributed by atoms with Gasteiger partial charge in [0.05, 0.1) is 0 Å². The highest BCUT2D eigenvalue weighted by Gasteiger charge is 2.25. The Labute approximate surface area is 116 Å². The summed E-state index contributed by atoms with van der Waals surface area (Å²) in [6.07, 6.45) is 7.74. The minimum atomic E-state index is 0.191. The van der Waals surface area contributed by atoms with Crippen molar-refractivity contribution >= 4 is 5.91 Å². The first-order valence-corrected chi connectivity index (χ1v) is 7.88. The quantitative estimate of drug-likeness (QED) is 0.704. The molecule has 1 aliphatic carbocycles. The number of carbonyl (C=O) groups excluding carboxylic acids is 1. The molecule has 19 heavy (non-hydrogen) atoms. The number of aliphatic hydroxyl groups is 1. The Morgan fingerprint density at radius 2 is 1.95 bits per heavy atom. The van der Waals surface area contributed by atoms with Crippen LogP contribution in [0.25, 0.3) is 0 Å². The summed E-state index contributed by atoms with van der Waals surface area (Å²) in [5.41, 5.74) is 0. The standard InChI is InChI=1S/C15H28N2O2/c18-11-14-6-2-1-5-13(14)10-17-15(19)8-12-4-3-7-16-9-12/h12-14,16,18H,1-11H2,(H,17,19). The van der Waals surface area contributed by atoms with Crippen LogP contribution in [0.4, 0.5) is 0 Å². The van der Waals surface area contributed by atoms with E-state index in [1.54, 1.807) is 0 Å². The maximum atomic E-state index is 11.9. The molecule has 0 spiro atoms. The van der Waals surface area contributed by atoms with Crippen molar-refractivity contribution < 1.29 is 9.90 Å². The molecule has 4 heteroatoms. The molecule has 2 fully saturated rings. The third-order valence-corrected chi connectivity index (χ3v) is 4.74. The normalized spacial score (nSPS) is 31.9. The van der Waals surface area contributed by atoms with Crippen LogP contribution in [-0.4, -0.2) is 37.3 Å². The van der Waals surface area contributed by atoms with E-state index < -0.39 is 0 Å². The lowest BCUT2D eigenvalue weighted by Gasteiger charge is -2.30. The SMILES string of the molecule is O=C(CC1CCCNC1)NCC1CCCCC1CO. The van der Waals surface area contributed by atoms with E-state index in [-0.39, 0.29) is 12.5 Å². The van der Waals surface area contributed by atoms with Crippen LogP contribution >= 0.6 is 0 Å². The van der Waals surface area contributed by atoms with E-state index in [9.17, 15) is 9.90 Å². The Kier molecular flexibility index (Phi) is 6.11. The number of amides is 1. The number of nitrogens with one attached hydrogen (secondary N) is 2. The lowest BCUT2D eigenvalue weighted by atomic mass is 9.79. The molecule has 3 N–H and O–H groups in total. The predicted molar refractivity (Wildman–Crippen MR) is 75.8 cm³/mol. The van der Waals surface area contributed by atoms with Crippen LogP contribution in [-0.2, 0) is 4.79 Å². The third kappa shape index (κ3) is 4.77. The third-order valence-electron chi connectivity index (χ3n) is 4.74. The average molecular weight is 268 g/mol. The van der Waals surface area contributed by atoms with Crippen molar-refractivity contribution in [1.82, 2.24) is 10.6 Å². The fraction of sp³-hybridized carbons (Fsp3) is 0.933. The molecule has 0 aromatic heterocycles. The van der Waals surface area contributed by atoms with E-state index in [0.717, 1.165) is 32.5 Å². The number of aliphatic hydroxyl groups excluding tert-OH is 1. The van der Waals surface area contributed by atoms with Crippen molar-refractivity contribution in [3.63, 3.8) is 0 Å². The van der Waals surface area contributed by atoms with Gasteiger partial charge in [0, 0.05) is 19.6 Å². The molecule has 4 nitrogen and oxygen atoms in total. The minimum absolute atomic E-state index is 0.191. The number of carbonyl (C=O) groups is 1. The fourth-order valence-electron chi connectivity index (χ4n) is 3.47. The van der Waals surface area contributed by atoms with Gasteiger partial charge in [-0.25, -0.2) is 0 Å². The molecule has 2 aliphatic rings. The van der Waals surface area contributed by atoms with Crippen molar-refractivity contribution in [1.29, 1.82) is 0 Å². The van der Waals surface area contributed by atoms with E-state index >= 15 is 0 Å². The summed E-state index contributed by atoms with van der Waals surface area (Å²) in [6, 6.07) is 0. The summed E-state index contributed by atoms with van der Waals surface area (Å²) in [5.74, 6) is 1.57. The van der Waals surface area contributed by atoms with Crippen LogP contribution in [0.1, 0.15) is 44.9 Å². The van der Waals surface area contributed by atoms with E-state index in [1.165, 1.54) is 25.7 Å². The maximum absolute atomic E-state index is 11.9. The summed E-state index contributed by atoms with van der Waals surface area (Å²) < 4.78 is 0. The molecule has 110 valence electrons. The molecule has 3 unspecified atom stereocenters. The summed E-state index contributed by atoms with van der Waals surface area (Å²) in [6.45, 7) is 3.10. The molecule has 1 amide bonds. The van der Waals surface area contributed by atoms with Crippen LogP contribution in [0, 0.1) is 17.8 Å².